The first-order valence-electron chi connectivity index (χ1n) is 12.0. The Labute approximate surface area is 208 Å². The van der Waals surface area contributed by atoms with E-state index in [0.29, 0.717) is 23.3 Å². The number of nitriles is 1. The van der Waals surface area contributed by atoms with E-state index in [1.165, 1.54) is 11.1 Å². The third-order valence-corrected chi connectivity index (χ3v) is 7.43. The summed E-state index contributed by atoms with van der Waals surface area (Å²) in [5, 5.41) is 22.8. The molecule has 0 amide bonds. The topological polar surface area (TPSA) is 103 Å². The van der Waals surface area contributed by atoms with Gasteiger partial charge in [0.2, 0.25) is 5.82 Å². The van der Waals surface area contributed by atoms with Crippen molar-refractivity contribution in [2.75, 3.05) is 0 Å². The Morgan fingerprint density at radius 3 is 2.58 bits per heavy atom. The zero-order chi connectivity index (χ0) is 24.8. The van der Waals surface area contributed by atoms with E-state index in [-0.39, 0.29) is 5.92 Å². The quantitative estimate of drug-likeness (QED) is 0.410. The number of fused-ring (bicyclic) bond motifs is 1. The van der Waals surface area contributed by atoms with Gasteiger partial charge in [-0.2, -0.15) is 10.2 Å². The van der Waals surface area contributed by atoms with Gasteiger partial charge < -0.3 is 9.63 Å². The lowest BCUT2D eigenvalue weighted by atomic mass is 9.79. The molecule has 4 aromatic rings. The fraction of sp³-hybridized carbons (Fsp3) is 0.241. The zero-order valence-electron chi connectivity index (χ0n) is 19.8. The van der Waals surface area contributed by atoms with Crippen LogP contribution in [0.25, 0.3) is 34.0 Å². The van der Waals surface area contributed by atoms with E-state index >= 15 is 0 Å². The summed E-state index contributed by atoms with van der Waals surface area (Å²) in [6.07, 6.45) is 1.45. The van der Waals surface area contributed by atoms with Gasteiger partial charge in [-0.05, 0) is 71.8 Å². The molecule has 178 valence electrons. The molecule has 1 N–H and O–H groups in total. The van der Waals surface area contributed by atoms with E-state index < -0.39 is 5.97 Å². The minimum Gasteiger partial charge on any atom is -0.481 e. The summed E-state index contributed by atoms with van der Waals surface area (Å²) in [5.74, 6) is 0.0997. The molecule has 1 fully saturated rings. The van der Waals surface area contributed by atoms with Crippen LogP contribution in [0.2, 0.25) is 0 Å². The number of rotatable bonds is 5. The number of hydrogen-bond donors (Lipinski definition) is 1. The Hall–Kier alpha value is -4.28. The maximum Gasteiger partial charge on any atom is 0.306 e. The van der Waals surface area contributed by atoms with E-state index in [2.05, 4.69) is 33.2 Å². The average Bonchev–Trinajstić information content (AvgIpc) is 3.50. The Morgan fingerprint density at radius 1 is 1.03 bits per heavy atom. The smallest absolute Gasteiger partial charge is 0.306 e. The van der Waals surface area contributed by atoms with Crippen LogP contribution in [-0.2, 0) is 17.9 Å². The predicted molar refractivity (Wildman–Crippen MR) is 133 cm³/mol. The van der Waals surface area contributed by atoms with Crippen LogP contribution in [0.3, 0.4) is 0 Å². The molecule has 0 bridgehead atoms. The lowest BCUT2D eigenvalue weighted by molar-refractivity contribution is -0.147. The number of carboxylic acid groups (broad SMARTS) is 1. The van der Waals surface area contributed by atoms with Gasteiger partial charge in [-0.15, -0.1) is 0 Å². The standard InChI is InChI=1S/C29H24N4O3/c1-17-10-19(8-9-25(17)26-5-3-2-4-20(26)14-30)28-31-27(32-36-28)18-6-7-21-15-33(16-23(21)11-18)24-12-22(13-24)29(34)35/h2-11,22,24H,12-13,15-16H2,1H3,(H,34,35)/t22-,24-. The molecule has 2 heterocycles. The molecule has 1 aliphatic heterocycles. The lowest BCUT2D eigenvalue weighted by Crippen LogP contribution is -2.44. The minimum absolute atomic E-state index is 0.203. The Bertz CT molecular complexity index is 1530. The monoisotopic (exact) mass is 476 g/mol. The molecule has 0 unspecified atom stereocenters. The van der Waals surface area contributed by atoms with Crippen molar-refractivity contribution in [1.29, 1.82) is 5.26 Å². The summed E-state index contributed by atoms with van der Waals surface area (Å²) in [7, 11) is 0. The van der Waals surface area contributed by atoms with Crippen LogP contribution in [0.15, 0.2) is 65.2 Å². The summed E-state index contributed by atoms with van der Waals surface area (Å²) in [6.45, 7) is 3.68. The summed E-state index contributed by atoms with van der Waals surface area (Å²) in [5.41, 5.74) is 7.80. The second-order valence-corrected chi connectivity index (χ2v) is 9.66. The fourth-order valence-corrected chi connectivity index (χ4v) is 5.28. The van der Waals surface area contributed by atoms with Gasteiger partial charge >= 0.3 is 5.97 Å². The Kier molecular flexibility index (Phi) is 5.39. The van der Waals surface area contributed by atoms with E-state index in [9.17, 15) is 10.1 Å². The van der Waals surface area contributed by atoms with E-state index in [0.717, 1.165) is 53.7 Å². The van der Waals surface area contributed by atoms with Crippen molar-refractivity contribution in [2.24, 2.45) is 5.92 Å². The van der Waals surface area contributed by atoms with Gasteiger partial charge in [0.25, 0.3) is 5.89 Å². The van der Waals surface area contributed by atoms with Crippen molar-refractivity contribution < 1.29 is 14.4 Å². The minimum atomic E-state index is -0.685. The number of aliphatic carboxylic acids is 1. The van der Waals surface area contributed by atoms with Crippen molar-refractivity contribution in [3.8, 4) is 40.0 Å². The molecule has 0 atom stereocenters. The Balaban J connectivity index is 1.21. The average molecular weight is 477 g/mol. The highest BCUT2D eigenvalue weighted by Crippen LogP contribution is 2.38. The van der Waals surface area contributed by atoms with Crippen molar-refractivity contribution in [3.63, 3.8) is 0 Å². The molecule has 0 spiro atoms. The molecule has 0 radical (unpaired) electrons. The van der Waals surface area contributed by atoms with E-state index in [1.54, 1.807) is 0 Å². The van der Waals surface area contributed by atoms with Gasteiger partial charge in [-0.3, -0.25) is 9.69 Å². The largest absolute Gasteiger partial charge is 0.481 e. The number of benzene rings is 3. The third kappa shape index (κ3) is 3.86. The predicted octanol–water partition coefficient (Wildman–Crippen LogP) is 5.43. The molecule has 3 aromatic carbocycles. The SMILES string of the molecule is Cc1cc(-c2nc(-c3ccc4c(c3)CN([C@H]3C[C@H](C(=O)O)C3)C4)no2)ccc1-c1ccccc1C#N. The van der Waals surface area contributed by atoms with Gasteiger partial charge in [0.15, 0.2) is 0 Å². The highest BCUT2D eigenvalue weighted by Gasteiger charge is 2.39. The molecule has 1 aromatic heterocycles. The highest BCUT2D eigenvalue weighted by molar-refractivity contribution is 5.76. The molecule has 7 nitrogen and oxygen atoms in total. The number of hydrogen-bond acceptors (Lipinski definition) is 6. The van der Waals surface area contributed by atoms with Crippen LogP contribution in [0.4, 0.5) is 0 Å². The van der Waals surface area contributed by atoms with Crippen molar-refractivity contribution in [3.05, 3.63) is 82.9 Å². The first kappa shape index (κ1) is 22.2. The first-order chi connectivity index (χ1) is 17.5. The van der Waals surface area contributed by atoms with Gasteiger partial charge in [-0.1, -0.05) is 41.6 Å². The van der Waals surface area contributed by atoms with Crippen LogP contribution >= 0.6 is 0 Å². The van der Waals surface area contributed by atoms with Crippen molar-refractivity contribution in [2.45, 2.75) is 38.9 Å². The molecular weight excluding hydrogens is 452 g/mol. The lowest BCUT2D eigenvalue weighted by Gasteiger charge is -2.39. The molecule has 1 aliphatic carbocycles. The van der Waals surface area contributed by atoms with Crippen LogP contribution < -0.4 is 0 Å². The summed E-state index contributed by atoms with van der Waals surface area (Å²) >= 11 is 0. The molecule has 7 heteroatoms. The maximum absolute atomic E-state index is 11.1. The molecule has 0 saturated heterocycles. The molecule has 6 rings (SSSR count). The van der Waals surface area contributed by atoms with Crippen LogP contribution in [-0.4, -0.2) is 32.2 Å². The fourth-order valence-electron chi connectivity index (χ4n) is 5.28. The van der Waals surface area contributed by atoms with Gasteiger partial charge in [0.05, 0.1) is 17.6 Å². The van der Waals surface area contributed by atoms with Gasteiger partial charge in [-0.25, -0.2) is 0 Å². The van der Waals surface area contributed by atoms with Crippen molar-refractivity contribution in [1.82, 2.24) is 15.0 Å². The number of carboxylic acids is 1. The van der Waals surface area contributed by atoms with Crippen LogP contribution in [0, 0.1) is 24.2 Å². The summed E-state index contributed by atoms with van der Waals surface area (Å²) in [6, 6.07) is 22.4. The number of carbonyl (C=O) groups is 1. The molecule has 36 heavy (non-hydrogen) atoms. The normalized spacial score (nSPS) is 18.9. The third-order valence-electron chi connectivity index (χ3n) is 7.43. The maximum atomic E-state index is 11.1. The number of aryl methyl sites for hydroxylation is 1. The number of nitrogens with zero attached hydrogens (tertiary/aromatic N) is 4. The van der Waals surface area contributed by atoms with Crippen LogP contribution in [0.1, 0.15) is 35.1 Å². The second-order valence-electron chi connectivity index (χ2n) is 9.66. The first-order valence-corrected chi connectivity index (χ1v) is 12.0. The summed E-state index contributed by atoms with van der Waals surface area (Å²) in [4.78, 5) is 18.2. The second kappa shape index (κ2) is 8.74. The summed E-state index contributed by atoms with van der Waals surface area (Å²) < 4.78 is 5.61. The van der Waals surface area contributed by atoms with Gasteiger partial charge in [0.1, 0.15) is 0 Å². The zero-order valence-corrected chi connectivity index (χ0v) is 19.8. The van der Waals surface area contributed by atoms with E-state index in [4.69, 9.17) is 9.63 Å². The number of aromatic nitrogens is 2. The molecular formula is C29H24N4O3. The molecule has 1 saturated carbocycles. The van der Waals surface area contributed by atoms with Crippen LogP contribution in [0.5, 0.6) is 0 Å². The van der Waals surface area contributed by atoms with E-state index in [1.807, 2.05) is 55.5 Å². The van der Waals surface area contributed by atoms with Gasteiger partial charge in [0, 0.05) is 30.3 Å². The van der Waals surface area contributed by atoms with Crippen molar-refractivity contribution >= 4 is 5.97 Å². The Morgan fingerprint density at radius 2 is 1.81 bits per heavy atom. The molecule has 2 aliphatic rings. The highest BCUT2D eigenvalue weighted by atomic mass is 16.5.